The number of carboxylic acids is 3. The molecule has 0 aromatic carbocycles. The van der Waals surface area contributed by atoms with Crippen molar-refractivity contribution in [3.05, 3.63) is 0 Å². The second kappa shape index (κ2) is 16.5. The molecule has 182 valence electrons. The average Bonchev–Trinajstić information content (AvgIpc) is 2.56. The van der Waals surface area contributed by atoms with Crippen LogP contribution in [0.1, 0.15) is 26.7 Å². The Labute approximate surface area is 215 Å². The summed E-state index contributed by atoms with van der Waals surface area (Å²) in [6, 6.07) is 0. The summed E-state index contributed by atoms with van der Waals surface area (Å²) in [7, 11) is 5.75. The van der Waals surface area contributed by atoms with Crippen LogP contribution in [0, 0.1) is 5.92 Å². The third-order valence-corrected chi connectivity index (χ3v) is 3.50. The van der Waals surface area contributed by atoms with E-state index in [1.807, 2.05) is 35.0 Å². The zero-order valence-corrected chi connectivity index (χ0v) is 21.0. The molecule has 0 saturated carbocycles. The normalized spacial score (nSPS) is 15.7. The van der Waals surface area contributed by atoms with E-state index in [9.17, 15) is 34.5 Å². The third-order valence-electron chi connectivity index (χ3n) is 3.50. The number of quaternary nitrogens is 1. The summed E-state index contributed by atoms with van der Waals surface area (Å²) >= 11 is 0. The van der Waals surface area contributed by atoms with Gasteiger partial charge in [-0.05, 0) is 5.92 Å². The Balaban J connectivity index is -0.000000519. The number of ether oxygens (including phenoxy) is 1. The number of likely N-dealkylation sites (N-methyl/N-ethyl adjacent to an activating group) is 1. The van der Waals surface area contributed by atoms with Gasteiger partial charge in [-0.3, -0.25) is 4.79 Å². The van der Waals surface area contributed by atoms with Gasteiger partial charge in [0.15, 0.2) is 6.10 Å². The number of hydrogen-bond donors (Lipinski definition) is 4. The maximum atomic E-state index is 11.5. The van der Waals surface area contributed by atoms with Crippen molar-refractivity contribution in [2.45, 2.75) is 57.2 Å². The fourth-order valence-electron chi connectivity index (χ4n) is 2.16. The van der Waals surface area contributed by atoms with Crippen LogP contribution in [0.2, 0.25) is 0 Å². The van der Waals surface area contributed by atoms with Crippen LogP contribution in [0.5, 0.6) is 0 Å². The molecule has 13 nitrogen and oxygen atoms in total. The van der Waals surface area contributed by atoms with E-state index in [0.717, 1.165) is 0 Å². The van der Waals surface area contributed by atoms with E-state index in [-0.39, 0.29) is 56.0 Å². The molecule has 0 heterocycles. The van der Waals surface area contributed by atoms with Gasteiger partial charge >= 0.3 is 43.7 Å². The molecule has 32 heavy (non-hydrogen) atoms. The van der Waals surface area contributed by atoms with E-state index in [0.29, 0.717) is 17.4 Å². The van der Waals surface area contributed by atoms with Crippen LogP contribution in [0.3, 0.4) is 0 Å². The molecule has 4 N–H and O–H groups in total. The number of hydrogen-bond acceptors (Lipinski definition) is 12. The van der Waals surface area contributed by atoms with E-state index in [4.69, 9.17) is 25.2 Å². The van der Waals surface area contributed by atoms with Crippen LogP contribution in [0.4, 0.5) is 0 Å². The van der Waals surface area contributed by atoms with E-state index < -0.39 is 48.4 Å². The maximum Gasteiger partial charge on any atom is 2.00 e. The fraction of sp³-hybridized carbons (Fsp3) is 0.778. The van der Waals surface area contributed by atoms with Crippen molar-refractivity contribution in [1.82, 2.24) is 0 Å². The smallest absolute Gasteiger partial charge is 0.550 e. The molecular weight excluding hydrogens is 462 g/mol. The Morgan fingerprint density at radius 1 is 0.812 bits per heavy atom. The van der Waals surface area contributed by atoms with Gasteiger partial charge in [0, 0.05) is 18.8 Å². The molecule has 0 saturated heterocycles. The van der Waals surface area contributed by atoms with Crippen molar-refractivity contribution < 1.29 is 64.1 Å². The zero-order valence-electron chi connectivity index (χ0n) is 18.8. The van der Waals surface area contributed by atoms with Crippen LogP contribution < -0.4 is 15.3 Å². The third kappa shape index (κ3) is 17.5. The van der Waals surface area contributed by atoms with Gasteiger partial charge in [0.1, 0.15) is 31.0 Å². The van der Waals surface area contributed by atoms with Crippen molar-refractivity contribution in [1.29, 1.82) is 0 Å². The number of esters is 1. The molecule has 0 fully saturated rings. The molecule has 5 atom stereocenters. The van der Waals surface area contributed by atoms with Gasteiger partial charge in [-0.15, -0.1) is 0 Å². The van der Waals surface area contributed by atoms with Crippen LogP contribution in [0.25, 0.3) is 0 Å². The SMILES string of the molecule is CC(C)CC(=O)O[C@H](CC(=O)[O-])C[N+](C)(C)C.O=C([O-])C(O)C(O)C(O)C(O)C(=O)[O-].[Ca+2]. The largest absolute Gasteiger partial charge is 2.00 e. The van der Waals surface area contributed by atoms with Crippen molar-refractivity contribution in [3.63, 3.8) is 0 Å². The van der Waals surface area contributed by atoms with E-state index >= 15 is 0 Å². The average molecular weight is 494 g/mol. The monoisotopic (exact) mass is 493 g/mol. The van der Waals surface area contributed by atoms with Gasteiger partial charge in [0.2, 0.25) is 0 Å². The Kier molecular flexibility index (Phi) is 18.4. The first-order chi connectivity index (χ1) is 13.9. The Morgan fingerprint density at radius 3 is 1.44 bits per heavy atom. The summed E-state index contributed by atoms with van der Waals surface area (Å²) in [5.74, 6) is -5.56. The first-order valence-corrected chi connectivity index (χ1v) is 9.22. The molecule has 0 aliphatic heterocycles. The number of nitrogens with zero attached hydrogens (tertiary/aromatic N) is 1. The standard InChI is InChI=1S/C12H23NO4.C6H10O8.Ca/c1-9(2)6-12(16)17-10(7-11(14)15)8-13(3,4)5;7-1(3(9)5(11)12)2(8)4(10)6(13)14;/h9-10H,6-8H2,1-5H3;1-4,7-10H,(H,11,12)(H,13,14);/q;;+2/p-2/t10-;;/m1../s1. The molecule has 0 rings (SSSR count). The van der Waals surface area contributed by atoms with E-state index in [1.165, 1.54) is 0 Å². The Hall–Kier alpha value is -1.06. The summed E-state index contributed by atoms with van der Waals surface area (Å²) in [6.45, 7) is 4.28. The minimum absolute atomic E-state index is 0. The molecule has 0 aromatic heterocycles. The zero-order chi connectivity index (χ0) is 25.1. The van der Waals surface area contributed by atoms with Crippen molar-refractivity contribution >= 4 is 61.6 Å². The second-order valence-electron chi connectivity index (χ2n) is 8.27. The van der Waals surface area contributed by atoms with Crippen LogP contribution >= 0.6 is 0 Å². The van der Waals surface area contributed by atoms with E-state index in [2.05, 4.69) is 0 Å². The van der Waals surface area contributed by atoms with Crippen molar-refractivity contribution in [3.8, 4) is 0 Å². The van der Waals surface area contributed by atoms with E-state index in [1.54, 1.807) is 0 Å². The van der Waals surface area contributed by atoms with Gasteiger partial charge in [0.05, 0.1) is 33.1 Å². The quantitative estimate of drug-likeness (QED) is 0.113. The van der Waals surface area contributed by atoms with Gasteiger partial charge in [-0.2, -0.15) is 0 Å². The Morgan fingerprint density at radius 2 is 1.19 bits per heavy atom. The molecule has 0 amide bonds. The van der Waals surface area contributed by atoms with Gasteiger partial charge in [-0.1, -0.05) is 13.8 Å². The predicted octanol–water partition coefficient (Wildman–Crippen LogP) is -6.66. The number of carbonyl (C=O) groups excluding carboxylic acids is 4. The molecular formula is C18H31CaNO12. The molecule has 0 aliphatic carbocycles. The van der Waals surface area contributed by atoms with Crippen LogP contribution in [-0.4, -0.2) is 145 Å². The minimum atomic E-state index is -2.50. The number of aliphatic hydroxyl groups excluding tert-OH is 4. The van der Waals surface area contributed by atoms with Gasteiger partial charge in [-0.25, -0.2) is 0 Å². The molecule has 0 radical (unpaired) electrons. The number of aliphatic carboxylic acids is 3. The van der Waals surface area contributed by atoms with Crippen LogP contribution in [0.15, 0.2) is 0 Å². The second-order valence-corrected chi connectivity index (χ2v) is 8.27. The Bertz CT molecular complexity index is 583. The number of aliphatic hydroxyl groups is 4. The summed E-state index contributed by atoms with van der Waals surface area (Å²) in [5.41, 5.74) is 0. The first kappa shape index (κ1) is 35.5. The maximum absolute atomic E-state index is 11.5. The summed E-state index contributed by atoms with van der Waals surface area (Å²) in [4.78, 5) is 42.0. The predicted molar refractivity (Wildman–Crippen MR) is 102 cm³/mol. The molecule has 0 spiro atoms. The van der Waals surface area contributed by atoms with Crippen LogP contribution in [-0.2, 0) is 23.9 Å². The first-order valence-electron chi connectivity index (χ1n) is 9.22. The number of carboxylic acid groups (broad SMARTS) is 3. The minimum Gasteiger partial charge on any atom is -0.550 e. The summed E-state index contributed by atoms with van der Waals surface area (Å²) < 4.78 is 5.71. The molecule has 0 aromatic rings. The topological polar surface area (TPSA) is 228 Å². The van der Waals surface area contributed by atoms with Gasteiger partial charge < -0.3 is 59.3 Å². The van der Waals surface area contributed by atoms with Gasteiger partial charge in [0.25, 0.3) is 0 Å². The number of rotatable bonds is 12. The summed E-state index contributed by atoms with van der Waals surface area (Å²) in [6.07, 6.45) is -10.3. The molecule has 4 unspecified atom stereocenters. The summed E-state index contributed by atoms with van der Waals surface area (Å²) in [5, 5.41) is 65.3. The number of carbonyl (C=O) groups is 4. The van der Waals surface area contributed by atoms with Crippen molar-refractivity contribution in [2.75, 3.05) is 27.7 Å². The molecule has 0 bridgehead atoms. The molecule has 0 aliphatic rings. The fourth-order valence-corrected chi connectivity index (χ4v) is 2.16. The molecule has 14 heteroatoms. The van der Waals surface area contributed by atoms with Crippen molar-refractivity contribution in [2.24, 2.45) is 5.92 Å².